The van der Waals surface area contributed by atoms with Gasteiger partial charge in [0.1, 0.15) is 5.82 Å². The predicted octanol–water partition coefficient (Wildman–Crippen LogP) is 4.48. The number of nitrogens with zero attached hydrogens (tertiary/aromatic N) is 4. The molecule has 1 aromatic heterocycles. The molecular formula is C17H12ClFN4S. The van der Waals surface area contributed by atoms with E-state index in [9.17, 15) is 4.39 Å². The topological polar surface area (TPSA) is 43.1 Å². The SMILES string of the molecule is C[C@@H]1Sc2nnc(-c3ccc(F)cc3)n2N=C1c1ccc(Cl)cc1. The van der Waals surface area contributed by atoms with E-state index in [2.05, 4.69) is 17.1 Å². The summed E-state index contributed by atoms with van der Waals surface area (Å²) in [5, 5.41) is 14.7. The zero-order valence-corrected chi connectivity index (χ0v) is 14.2. The molecule has 1 atom stereocenters. The van der Waals surface area contributed by atoms with Crippen molar-refractivity contribution in [1.82, 2.24) is 14.9 Å². The van der Waals surface area contributed by atoms with E-state index >= 15 is 0 Å². The first kappa shape index (κ1) is 15.4. The summed E-state index contributed by atoms with van der Waals surface area (Å²) < 4.78 is 14.9. The number of fused-ring (bicyclic) bond motifs is 1. The molecule has 7 heteroatoms. The van der Waals surface area contributed by atoms with Crippen LogP contribution in [0.2, 0.25) is 5.02 Å². The van der Waals surface area contributed by atoms with Crippen LogP contribution >= 0.6 is 23.4 Å². The second kappa shape index (κ2) is 6.03. The highest BCUT2D eigenvalue weighted by atomic mass is 35.5. The van der Waals surface area contributed by atoms with Crippen LogP contribution in [0.15, 0.2) is 58.8 Å². The summed E-state index contributed by atoms with van der Waals surface area (Å²) >= 11 is 7.56. The maximum Gasteiger partial charge on any atom is 0.213 e. The van der Waals surface area contributed by atoms with Gasteiger partial charge in [0.2, 0.25) is 5.16 Å². The van der Waals surface area contributed by atoms with Crippen molar-refractivity contribution >= 4 is 29.1 Å². The number of hydrogen-bond acceptors (Lipinski definition) is 4. The third-order valence-electron chi connectivity index (χ3n) is 3.73. The Labute approximate surface area is 147 Å². The second-order valence-electron chi connectivity index (χ2n) is 5.38. The van der Waals surface area contributed by atoms with Gasteiger partial charge in [0, 0.05) is 10.6 Å². The molecule has 0 fully saturated rings. The Hall–Kier alpha value is -2.18. The zero-order chi connectivity index (χ0) is 16.7. The second-order valence-corrected chi connectivity index (χ2v) is 7.12. The standard InChI is InChI=1S/C17H12ClFN4S/c1-10-15(11-2-6-13(18)7-3-11)22-23-16(20-21-17(23)24-10)12-4-8-14(19)9-5-12/h2-10H,1H3/t10-/m0/s1. The van der Waals surface area contributed by atoms with E-state index in [0.29, 0.717) is 10.8 Å². The van der Waals surface area contributed by atoms with E-state index in [0.717, 1.165) is 22.0 Å². The molecule has 0 aliphatic carbocycles. The van der Waals surface area contributed by atoms with Crippen molar-refractivity contribution in [3.63, 3.8) is 0 Å². The van der Waals surface area contributed by atoms with Crippen LogP contribution in [-0.4, -0.2) is 25.8 Å². The van der Waals surface area contributed by atoms with Crippen molar-refractivity contribution in [2.45, 2.75) is 17.3 Å². The van der Waals surface area contributed by atoms with Crippen molar-refractivity contribution in [2.24, 2.45) is 5.10 Å². The minimum absolute atomic E-state index is 0.143. The third-order valence-corrected chi connectivity index (χ3v) is 5.02. The van der Waals surface area contributed by atoms with Crippen LogP contribution in [-0.2, 0) is 0 Å². The largest absolute Gasteiger partial charge is 0.213 e. The van der Waals surface area contributed by atoms with Crippen molar-refractivity contribution < 1.29 is 4.39 Å². The van der Waals surface area contributed by atoms with Crippen molar-refractivity contribution in [3.05, 3.63) is 64.9 Å². The van der Waals surface area contributed by atoms with Gasteiger partial charge in [0.05, 0.1) is 11.0 Å². The molecule has 4 nitrogen and oxygen atoms in total. The molecule has 0 spiro atoms. The van der Waals surface area contributed by atoms with E-state index in [1.54, 1.807) is 28.6 Å². The molecule has 0 radical (unpaired) electrons. The molecule has 0 bridgehead atoms. The number of thioether (sulfide) groups is 1. The molecule has 1 aliphatic rings. The average molecular weight is 359 g/mol. The highest BCUT2D eigenvalue weighted by molar-refractivity contribution is 8.00. The van der Waals surface area contributed by atoms with Crippen molar-refractivity contribution in [3.8, 4) is 11.4 Å². The lowest BCUT2D eigenvalue weighted by Crippen LogP contribution is -2.21. The van der Waals surface area contributed by atoms with Crippen molar-refractivity contribution in [1.29, 1.82) is 0 Å². The van der Waals surface area contributed by atoms with Gasteiger partial charge in [0.25, 0.3) is 0 Å². The first-order valence-electron chi connectivity index (χ1n) is 7.34. The quantitative estimate of drug-likeness (QED) is 0.678. The fourth-order valence-corrected chi connectivity index (χ4v) is 3.58. The third kappa shape index (κ3) is 2.72. The summed E-state index contributed by atoms with van der Waals surface area (Å²) in [6.45, 7) is 2.08. The molecule has 0 saturated carbocycles. The molecule has 1 aliphatic heterocycles. The number of halogens is 2. The summed E-state index contributed by atoms with van der Waals surface area (Å²) in [5.41, 5.74) is 2.70. The highest BCUT2D eigenvalue weighted by Crippen LogP contribution is 2.32. The highest BCUT2D eigenvalue weighted by Gasteiger charge is 2.26. The van der Waals surface area contributed by atoms with E-state index in [4.69, 9.17) is 16.7 Å². The van der Waals surface area contributed by atoms with Crippen LogP contribution in [0.1, 0.15) is 12.5 Å². The van der Waals surface area contributed by atoms with Gasteiger partial charge in [-0.1, -0.05) is 35.5 Å². The molecule has 3 aromatic rings. The maximum absolute atomic E-state index is 13.1. The van der Waals surface area contributed by atoms with Gasteiger partial charge in [-0.05, 0) is 48.9 Å². The Morgan fingerprint density at radius 2 is 1.67 bits per heavy atom. The fraction of sp³-hybridized carbons (Fsp3) is 0.118. The minimum Gasteiger partial charge on any atom is -0.207 e. The first-order chi connectivity index (χ1) is 11.6. The molecule has 0 saturated heterocycles. The Morgan fingerprint density at radius 1 is 1.00 bits per heavy atom. The molecule has 2 heterocycles. The van der Waals surface area contributed by atoms with E-state index in [1.807, 2.05) is 24.3 Å². The van der Waals surface area contributed by atoms with Gasteiger partial charge in [-0.3, -0.25) is 0 Å². The van der Waals surface area contributed by atoms with Gasteiger partial charge < -0.3 is 0 Å². The molecule has 0 unspecified atom stereocenters. The molecule has 120 valence electrons. The number of aromatic nitrogens is 3. The number of benzene rings is 2. The predicted molar refractivity (Wildman–Crippen MR) is 94.1 cm³/mol. The summed E-state index contributed by atoms with van der Waals surface area (Å²) in [6.07, 6.45) is 0. The van der Waals surface area contributed by atoms with Crippen molar-refractivity contribution in [2.75, 3.05) is 0 Å². The van der Waals surface area contributed by atoms with Gasteiger partial charge in [-0.2, -0.15) is 9.78 Å². The van der Waals surface area contributed by atoms with E-state index in [-0.39, 0.29) is 11.1 Å². The van der Waals surface area contributed by atoms with Gasteiger partial charge in [0.15, 0.2) is 5.82 Å². The molecule has 4 rings (SSSR count). The lowest BCUT2D eigenvalue weighted by molar-refractivity contribution is 0.628. The number of hydrogen-bond donors (Lipinski definition) is 0. The van der Waals surface area contributed by atoms with E-state index < -0.39 is 0 Å². The summed E-state index contributed by atoms with van der Waals surface area (Å²) in [4.78, 5) is 0. The van der Waals surface area contributed by atoms with E-state index in [1.165, 1.54) is 12.1 Å². The fourth-order valence-electron chi connectivity index (χ4n) is 2.52. The van der Waals surface area contributed by atoms with Crippen LogP contribution < -0.4 is 0 Å². The smallest absolute Gasteiger partial charge is 0.207 e. The first-order valence-corrected chi connectivity index (χ1v) is 8.60. The molecule has 2 aromatic carbocycles. The normalized spacial score (nSPS) is 16.6. The van der Waals surface area contributed by atoms with Gasteiger partial charge in [-0.15, -0.1) is 10.2 Å². The summed E-state index contributed by atoms with van der Waals surface area (Å²) in [5.74, 6) is 0.307. The van der Waals surface area contributed by atoms with Crippen LogP contribution in [0, 0.1) is 5.82 Å². The van der Waals surface area contributed by atoms with Gasteiger partial charge in [-0.25, -0.2) is 4.39 Å². The molecule has 24 heavy (non-hydrogen) atoms. The molecule has 0 amide bonds. The Morgan fingerprint density at radius 3 is 2.38 bits per heavy atom. The Balaban J connectivity index is 1.81. The van der Waals surface area contributed by atoms with Gasteiger partial charge >= 0.3 is 0 Å². The summed E-state index contributed by atoms with van der Waals surface area (Å²) in [6, 6.07) is 13.7. The lowest BCUT2D eigenvalue weighted by Gasteiger charge is -2.20. The van der Waals surface area contributed by atoms with Crippen LogP contribution in [0.5, 0.6) is 0 Å². The monoisotopic (exact) mass is 358 g/mol. The average Bonchev–Trinajstić information content (AvgIpc) is 2.98. The molecular weight excluding hydrogens is 347 g/mol. The van der Waals surface area contributed by atoms with Crippen LogP contribution in [0.4, 0.5) is 4.39 Å². The Bertz CT molecular complexity index is 919. The maximum atomic E-state index is 13.1. The summed E-state index contributed by atoms with van der Waals surface area (Å²) in [7, 11) is 0. The zero-order valence-electron chi connectivity index (χ0n) is 12.6. The number of rotatable bonds is 2. The lowest BCUT2D eigenvalue weighted by atomic mass is 10.1. The minimum atomic E-state index is -0.287. The Kier molecular flexibility index (Phi) is 3.86. The van der Waals surface area contributed by atoms with Crippen LogP contribution in [0.3, 0.4) is 0 Å². The van der Waals surface area contributed by atoms with Crippen LogP contribution in [0.25, 0.3) is 11.4 Å². The molecule has 0 N–H and O–H groups in total.